The van der Waals surface area contributed by atoms with Crippen LogP contribution >= 0.6 is 23.4 Å². The lowest BCUT2D eigenvalue weighted by molar-refractivity contribution is -0.113. The number of benzene rings is 2. The van der Waals surface area contributed by atoms with Crippen molar-refractivity contribution in [2.45, 2.75) is 4.90 Å². The Morgan fingerprint density at radius 2 is 1.90 bits per heavy atom. The summed E-state index contributed by atoms with van der Waals surface area (Å²) in [4.78, 5) is 21.9. The summed E-state index contributed by atoms with van der Waals surface area (Å²) in [5, 5.41) is 7.59. The Labute approximate surface area is 176 Å². The van der Waals surface area contributed by atoms with Gasteiger partial charge in [-0.05, 0) is 48.5 Å². The highest BCUT2D eigenvalue weighted by Crippen LogP contribution is 2.29. The number of aromatic nitrogens is 3. The van der Waals surface area contributed by atoms with Crippen molar-refractivity contribution in [3.8, 4) is 22.8 Å². The van der Waals surface area contributed by atoms with E-state index in [-0.39, 0.29) is 11.7 Å². The molecule has 0 aliphatic heterocycles. The van der Waals surface area contributed by atoms with E-state index in [1.165, 1.54) is 11.8 Å². The number of anilines is 1. The average molecular weight is 423 g/mol. The van der Waals surface area contributed by atoms with Crippen LogP contribution in [0.3, 0.4) is 0 Å². The highest BCUT2D eigenvalue weighted by molar-refractivity contribution is 8.00. The number of carbonyl (C=O) groups is 1. The largest absolute Gasteiger partial charge is 0.334 e. The molecule has 0 radical (unpaired) electrons. The molecule has 0 unspecified atom stereocenters. The van der Waals surface area contributed by atoms with E-state index in [4.69, 9.17) is 16.1 Å². The minimum absolute atomic E-state index is 0.135. The van der Waals surface area contributed by atoms with Gasteiger partial charge < -0.3 is 9.84 Å². The second-order valence-electron chi connectivity index (χ2n) is 6.00. The molecule has 8 heteroatoms. The van der Waals surface area contributed by atoms with Gasteiger partial charge in [0.1, 0.15) is 0 Å². The molecule has 0 aliphatic carbocycles. The minimum Gasteiger partial charge on any atom is -0.334 e. The summed E-state index contributed by atoms with van der Waals surface area (Å²) in [6.45, 7) is 0. The maximum absolute atomic E-state index is 12.4. The standard InChI is InChI=1S/C21H15ClN4O2S/c22-15-7-9-16(10-8-15)29-13-19(27)24-18-6-2-1-5-17(18)21-25-20(26-28-21)14-4-3-11-23-12-14/h1-12H,13H2,(H,24,27). The third-order valence-corrected chi connectivity index (χ3v) is 5.22. The molecule has 29 heavy (non-hydrogen) atoms. The molecule has 0 atom stereocenters. The summed E-state index contributed by atoms with van der Waals surface area (Å²) in [5.74, 6) is 0.891. The Morgan fingerprint density at radius 1 is 1.07 bits per heavy atom. The molecular formula is C21H15ClN4O2S. The van der Waals surface area contributed by atoms with E-state index in [0.29, 0.717) is 28.0 Å². The van der Waals surface area contributed by atoms with Crippen LogP contribution in [-0.4, -0.2) is 26.8 Å². The van der Waals surface area contributed by atoms with Crippen molar-refractivity contribution >= 4 is 35.0 Å². The zero-order chi connectivity index (χ0) is 20.1. The number of thioether (sulfide) groups is 1. The number of amides is 1. The summed E-state index contributed by atoms with van der Waals surface area (Å²) < 4.78 is 5.41. The van der Waals surface area contributed by atoms with Crippen LogP contribution in [0.25, 0.3) is 22.8 Å². The van der Waals surface area contributed by atoms with Gasteiger partial charge in [-0.25, -0.2) is 0 Å². The minimum atomic E-state index is -0.135. The highest BCUT2D eigenvalue weighted by Gasteiger charge is 2.15. The van der Waals surface area contributed by atoms with E-state index in [0.717, 1.165) is 10.5 Å². The average Bonchev–Trinajstić information content (AvgIpc) is 3.24. The Morgan fingerprint density at radius 3 is 2.69 bits per heavy atom. The van der Waals surface area contributed by atoms with E-state index in [1.54, 1.807) is 36.7 Å². The number of nitrogens with one attached hydrogen (secondary N) is 1. The molecule has 0 fully saturated rings. The summed E-state index contributed by atoms with van der Waals surface area (Å²) in [6.07, 6.45) is 3.34. The molecule has 1 amide bonds. The van der Waals surface area contributed by atoms with E-state index < -0.39 is 0 Å². The number of para-hydroxylation sites is 1. The fourth-order valence-corrected chi connectivity index (χ4v) is 3.41. The van der Waals surface area contributed by atoms with Crippen LogP contribution in [0, 0.1) is 0 Å². The van der Waals surface area contributed by atoms with Crippen molar-refractivity contribution in [1.29, 1.82) is 0 Å². The summed E-state index contributed by atoms with van der Waals surface area (Å²) in [5.41, 5.74) is 2.01. The normalized spacial score (nSPS) is 10.7. The van der Waals surface area contributed by atoms with Crippen molar-refractivity contribution in [1.82, 2.24) is 15.1 Å². The predicted octanol–water partition coefficient (Wildman–Crippen LogP) is 5.18. The first kappa shape index (κ1) is 19.2. The second-order valence-corrected chi connectivity index (χ2v) is 7.49. The van der Waals surface area contributed by atoms with E-state index in [9.17, 15) is 4.79 Å². The number of carbonyl (C=O) groups excluding carboxylic acids is 1. The zero-order valence-electron chi connectivity index (χ0n) is 15.1. The van der Waals surface area contributed by atoms with E-state index in [1.807, 2.05) is 36.4 Å². The molecule has 144 valence electrons. The number of hydrogen-bond donors (Lipinski definition) is 1. The van der Waals surface area contributed by atoms with Crippen molar-refractivity contribution in [2.75, 3.05) is 11.1 Å². The van der Waals surface area contributed by atoms with Crippen LogP contribution in [0.2, 0.25) is 5.02 Å². The Kier molecular flexibility index (Phi) is 5.88. The fraction of sp³-hybridized carbons (Fsp3) is 0.0476. The first-order valence-electron chi connectivity index (χ1n) is 8.71. The van der Waals surface area contributed by atoms with Gasteiger partial charge in [-0.2, -0.15) is 4.98 Å². The van der Waals surface area contributed by atoms with Crippen LogP contribution in [0.1, 0.15) is 0 Å². The van der Waals surface area contributed by atoms with Crippen LogP contribution in [0.5, 0.6) is 0 Å². The van der Waals surface area contributed by atoms with Crippen LogP contribution in [0.15, 0.2) is 82.5 Å². The maximum atomic E-state index is 12.4. The molecule has 2 aromatic carbocycles. The molecule has 1 N–H and O–H groups in total. The molecule has 0 spiro atoms. The van der Waals surface area contributed by atoms with E-state index in [2.05, 4.69) is 20.4 Å². The van der Waals surface area contributed by atoms with Gasteiger partial charge in [-0.15, -0.1) is 11.8 Å². The molecule has 4 rings (SSSR count). The lowest BCUT2D eigenvalue weighted by atomic mass is 10.1. The SMILES string of the molecule is O=C(CSc1ccc(Cl)cc1)Nc1ccccc1-c1nc(-c2cccnc2)no1. The summed E-state index contributed by atoms with van der Waals surface area (Å²) in [6, 6.07) is 18.3. The van der Waals surface area contributed by atoms with Gasteiger partial charge in [0.25, 0.3) is 5.89 Å². The van der Waals surface area contributed by atoms with Gasteiger partial charge in [0.2, 0.25) is 11.7 Å². The molecular weight excluding hydrogens is 408 g/mol. The number of hydrogen-bond acceptors (Lipinski definition) is 6. The highest BCUT2D eigenvalue weighted by atomic mass is 35.5. The van der Waals surface area contributed by atoms with Crippen LogP contribution in [-0.2, 0) is 4.79 Å². The van der Waals surface area contributed by atoms with Gasteiger partial charge in [0.05, 0.1) is 17.0 Å². The van der Waals surface area contributed by atoms with Crippen molar-refractivity contribution in [2.24, 2.45) is 0 Å². The van der Waals surface area contributed by atoms with Gasteiger partial charge in [-0.3, -0.25) is 9.78 Å². The number of halogens is 1. The van der Waals surface area contributed by atoms with Gasteiger partial charge in [0, 0.05) is 27.9 Å². The Bertz CT molecular complexity index is 1120. The molecule has 0 saturated carbocycles. The number of rotatable bonds is 6. The summed E-state index contributed by atoms with van der Waals surface area (Å²) in [7, 11) is 0. The zero-order valence-corrected chi connectivity index (χ0v) is 16.7. The maximum Gasteiger partial charge on any atom is 0.260 e. The van der Waals surface area contributed by atoms with Crippen LogP contribution in [0.4, 0.5) is 5.69 Å². The Hall–Kier alpha value is -3.16. The lowest BCUT2D eigenvalue weighted by Crippen LogP contribution is -2.14. The molecule has 6 nitrogen and oxygen atoms in total. The van der Waals surface area contributed by atoms with Gasteiger partial charge >= 0.3 is 0 Å². The third kappa shape index (κ3) is 4.82. The van der Waals surface area contributed by atoms with Crippen LogP contribution < -0.4 is 5.32 Å². The number of pyridine rings is 1. The van der Waals surface area contributed by atoms with Gasteiger partial charge in [0.15, 0.2) is 0 Å². The van der Waals surface area contributed by atoms with Crippen molar-refractivity contribution in [3.05, 3.63) is 78.1 Å². The molecule has 4 aromatic rings. The first-order valence-corrected chi connectivity index (χ1v) is 10.1. The third-order valence-electron chi connectivity index (χ3n) is 3.96. The smallest absolute Gasteiger partial charge is 0.260 e. The predicted molar refractivity (Wildman–Crippen MR) is 114 cm³/mol. The monoisotopic (exact) mass is 422 g/mol. The topological polar surface area (TPSA) is 80.9 Å². The first-order chi connectivity index (χ1) is 14.2. The van der Waals surface area contributed by atoms with Crippen molar-refractivity contribution in [3.63, 3.8) is 0 Å². The Balaban J connectivity index is 1.48. The number of nitrogens with zero attached hydrogens (tertiary/aromatic N) is 3. The molecule has 0 aliphatic rings. The molecule has 0 saturated heterocycles. The van der Waals surface area contributed by atoms with Crippen molar-refractivity contribution < 1.29 is 9.32 Å². The quantitative estimate of drug-likeness (QED) is 0.431. The fourth-order valence-electron chi connectivity index (χ4n) is 2.59. The summed E-state index contributed by atoms with van der Waals surface area (Å²) >= 11 is 7.32. The van der Waals surface area contributed by atoms with E-state index >= 15 is 0 Å². The second kappa shape index (κ2) is 8.89. The lowest BCUT2D eigenvalue weighted by Gasteiger charge is -2.08. The van der Waals surface area contributed by atoms with Gasteiger partial charge in [-0.1, -0.05) is 28.9 Å². The molecule has 2 heterocycles. The molecule has 2 aromatic heterocycles. The molecule has 0 bridgehead atoms.